The zero-order valence-corrected chi connectivity index (χ0v) is 22.5. The van der Waals surface area contributed by atoms with Crippen LogP contribution in [0.5, 0.6) is 0 Å². The predicted octanol–water partition coefficient (Wildman–Crippen LogP) is 4.31. The molecule has 0 saturated carbocycles. The number of amides is 2. The molecule has 2 amide bonds. The van der Waals surface area contributed by atoms with Gasteiger partial charge in [-0.05, 0) is 59.6 Å². The Morgan fingerprint density at radius 3 is 2.65 bits per heavy atom. The maximum Gasteiger partial charge on any atom is 0.258 e. The van der Waals surface area contributed by atoms with Gasteiger partial charge in [-0.15, -0.1) is 11.8 Å². The number of halogens is 1. The first-order valence-electron chi connectivity index (χ1n) is 11.6. The van der Waals surface area contributed by atoms with E-state index in [1.165, 1.54) is 18.7 Å². The van der Waals surface area contributed by atoms with E-state index >= 15 is 0 Å². The van der Waals surface area contributed by atoms with E-state index in [1.807, 2.05) is 25.1 Å². The number of thioether (sulfide) groups is 1. The smallest absolute Gasteiger partial charge is 0.258 e. The third-order valence-corrected chi connectivity index (χ3v) is 7.73. The number of nitrogens with one attached hydrogen (secondary N) is 1. The average Bonchev–Trinajstić information content (AvgIpc) is 3.50. The molecule has 1 N–H and O–H groups in total. The Hall–Kier alpha value is -3.57. The quantitative estimate of drug-likeness (QED) is 0.268. The second-order valence-electron chi connectivity index (χ2n) is 8.62. The number of aryl methyl sites for hydroxylation is 1. The lowest BCUT2D eigenvalue weighted by Crippen LogP contribution is -2.43. The molecule has 0 spiro atoms. The summed E-state index contributed by atoms with van der Waals surface area (Å²) in [4.78, 5) is 53.1. The molecule has 0 aliphatic carbocycles. The van der Waals surface area contributed by atoms with Gasteiger partial charge in [0.2, 0.25) is 5.91 Å². The lowest BCUT2D eigenvalue weighted by Gasteiger charge is -2.23. The summed E-state index contributed by atoms with van der Waals surface area (Å²) < 4.78 is 2.38. The molecule has 5 rings (SSSR count). The number of ketones is 1. The Balaban J connectivity index is 1.39. The predicted molar refractivity (Wildman–Crippen MR) is 146 cm³/mol. The van der Waals surface area contributed by atoms with Crippen molar-refractivity contribution < 1.29 is 14.4 Å². The van der Waals surface area contributed by atoms with Crippen molar-refractivity contribution in [2.24, 2.45) is 0 Å². The van der Waals surface area contributed by atoms with Gasteiger partial charge in [0.1, 0.15) is 22.8 Å². The van der Waals surface area contributed by atoms with Crippen LogP contribution >= 0.6 is 27.7 Å². The van der Waals surface area contributed by atoms with Crippen LogP contribution in [0.3, 0.4) is 0 Å². The van der Waals surface area contributed by atoms with Gasteiger partial charge in [-0.3, -0.25) is 14.4 Å². The molecule has 4 aromatic rings. The number of pyridine rings is 1. The first-order valence-corrected chi connectivity index (χ1v) is 13.4. The molecule has 0 bridgehead atoms. The molecule has 3 aromatic heterocycles. The molecule has 1 aromatic carbocycles. The van der Waals surface area contributed by atoms with Crippen molar-refractivity contribution in [3.63, 3.8) is 0 Å². The second kappa shape index (κ2) is 10.4. The highest BCUT2D eigenvalue weighted by molar-refractivity contribution is 9.10. The van der Waals surface area contributed by atoms with E-state index < -0.39 is 5.37 Å². The molecule has 0 unspecified atom stereocenters. The monoisotopic (exact) mass is 578 g/mol. The number of hydrogen-bond acceptors (Lipinski definition) is 7. The fourth-order valence-electron chi connectivity index (χ4n) is 4.27. The first-order chi connectivity index (χ1) is 17.8. The number of aromatic nitrogens is 4. The van der Waals surface area contributed by atoms with Gasteiger partial charge < -0.3 is 14.8 Å². The van der Waals surface area contributed by atoms with Crippen molar-refractivity contribution in [3.05, 3.63) is 71.0 Å². The van der Waals surface area contributed by atoms with Crippen LogP contribution in [0.4, 0.5) is 5.82 Å². The molecule has 0 radical (unpaired) electrons. The number of nitrogens with zero attached hydrogens (tertiary/aromatic N) is 5. The number of benzene rings is 1. The highest BCUT2D eigenvalue weighted by Gasteiger charge is 2.35. The van der Waals surface area contributed by atoms with Gasteiger partial charge in [-0.1, -0.05) is 12.1 Å². The van der Waals surface area contributed by atoms with Crippen LogP contribution in [0.25, 0.3) is 22.0 Å². The molecule has 1 atom stereocenters. The third-order valence-electron chi connectivity index (χ3n) is 6.08. The van der Waals surface area contributed by atoms with E-state index in [9.17, 15) is 14.4 Å². The molecule has 188 valence electrons. The summed E-state index contributed by atoms with van der Waals surface area (Å²) in [7, 11) is 0. The highest BCUT2D eigenvalue weighted by atomic mass is 79.9. The SMILES string of the molecule is CC(=O)c1cn(CC(=O)N2CCS[C@H]2C(=O)Nc2cccc(Br)n2)c2ccc(-c3cnc(C)nc3)cc12. The number of hydrogen-bond donors (Lipinski definition) is 1. The first kappa shape index (κ1) is 25.1. The Morgan fingerprint density at radius 2 is 1.92 bits per heavy atom. The van der Waals surface area contributed by atoms with Gasteiger partial charge in [-0.25, -0.2) is 15.0 Å². The van der Waals surface area contributed by atoms with E-state index in [0.717, 1.165) is 22.0 Å². The summed E-state index contributed by atoms with van der Waals surface area (Å²) in [6, 6.07) is 11.0. The number of fused-ring (bicyclic) bond motifs is 1. The van der Waals surface area contributed by atoms with Crippen molar-refractivity contribution in [1.29, 1.82) is 0 Å². The minimum absolute atomic E-state index is 0.0102. The van der Waals surface area contributed by atoms with E-state index in [4.69, 9.17) is 0 Å². The topological polar surface area (TPSA) is 110 Å². The Morgan fingerprint density at radius 1 is 1.14 bits per heavy atom. The van der Waals surface area contributed by atoms with Crippen LogP contribution in [-0.4, -0.2) is 59.7 Å². The molecule has 1 aliphatic rings. The van der Waals surface area contributed by atoms with Gasteiger partial charge in [0.25, 0.3) is 5.91 Å². The molecule has 1 aliphatic heterocycles. The zero-order valence-electron chi connectivity index (χ0n) is 20.1. The number of Topliss-reactive ketones (excluding diaryl/α,β-unsaturated/α-hetero) is 1. The fraction of sp³-hybridized carbons (Fsp3) is 0.231. The van der Waals surface area contributed by atoms with Gasteiger partial charge >= 0.3 is 0 Å². The van der Waals surface area contributed by atoms with Crippen molar-refractivity contribution in [3.8, 4) is 11.1 Å². The second-order valence-corrected chi connectivity index (χ2v) is 10.6. The minimum atomic E-state index is -0.657. The average molecular weight is 579 g/mol. The van der Waals surface area contributed by atoms with Crippen LogP contribution in [0, 0.1) is 6.92 Å². The third kappa shape index (κ3) is 5.28. The van der Waals surface area contributed by atoms with Crippen LogP contribution in [0.15, 0.2) is 59.6 Å². The Labute approximate surface area is 225 Å². The maximum atomic E-state index is 13.4. The minimum Gasteiger partial charge on any atom is -0.337 e. The number of carbonyl (C=O) groups is 3. The van der Waals surface area contributed by atoms with E-state index in [1.54, 1.807) is 46.3 Å². The Kier molecular flexibility index (Phi) is 7.07. The van der Waals surface area contributed by atoms with Crippen LogP contribution in [-0.2, 0) is 16.1 Å². The molecule has 9 nitrogen and oxygen atoms in total. The van der Waals surface area contributed by atoms with E-state index in [0.29, 0.717) is 34.1 Å². The lowest BCUT2D eigenvalue weighted by molar-refractivity contribution is -0.135. The lowest BCUT2D eigenvalue weighted by atomic mass is 10.0. The summed E-state index contributed by atoms with van der Waals surface area (Å²) in [5, 5.41) is 2.89. The highest BCUT2D eigenvalue weighted by Crippen LogP contribution is 2.30. The van der Waals surface area contributed by atoms with E-state index in [-0.39, 0.29) is 24.1 Å². The van der Waals surface area contributed by atoms with Gasteiger partial charge in [-0.2, -0.15) is 0 Å². The van der Waals surface area contributed by atoms with Crippen molar-refractivity contribution >= 4 is 62.0 Å². The molecule has 1 fully saturated rings. The van der Waals surface area contributed by atoms with E-state index in [2.05, 4.69) is 36.2 Å². The summed E-state index contributed by atoms with van der Waals surface area (Å²) >= 11 is 4.71. The standard InChI is InChI=1S/C26H23BrN6O3S/c1-15(34)20-13-32(21-7-6-17(10-19(20)21)18-11-28-16(2)29-12-18)14-24(35)33-8-9-37-26(33)25(36)31-23-5-3-4-22(27)30-23/h3-7,10-13,26H,8-9,14H2,1-2H3,(H,30,31,36)/t26-/m0/s1. The summed E-state index contributed by atoms with van der Waals surface area (Å²) in [5.74, 6) is 1.16. The van der Waals surface area contributed by atoms with Crippen LogP contribution < -0.4 is 5.32 Å². The number of carbonyl (C=O) groups excluding carboxylic acids is 3. The number of rotatable bonds is 6. The van der Waals surface area contributed by atoms with Gasteiger partial charge in [0.05, 0.1) is 0 Å². The Bertz CT molecular complexity index is 1520. The normalized spacial score (nSPS) is 15.2. The van der Waals surface area contributed by atoms with Crippen LogP contribution in [0.1, 0.15) is 23.1 Å². The fourth-order valence-corrected chi connectivity index (χ4v) is 5.76. The maximum absolute atomic E-state index is 13.4. The molecule has 4 heterocycles. The van der Waals surface area contributed by atoms with Gasteiger partial charge in [0, 0.05) is 52.9 Å². The molecule has 11 heteroatoms. The van der Waals surface area contributed by atoms with Crippen molar-refractivity contribution in [1.82, 2.24) is 24.4 Å². The largest absolute Gasteiger partial charge is 0.337 e. The summed E-state index contributed by atoms with van der Waals surface area (Å²) in [5.41, 5.74) is 3.02. The molecule has 37 heavy (non-hydrogen) atoms. The van der Waals surface area contributed by atoms with Gasteiger partial charge in [0.15, 0.2) is 11.2 Å². The summed E-state index contributed by atoms with van der Waals surface area (Å²) in [6.07, 6.45) is 5.21. The van der Waals surface area contributed by atoms with Crippen molar-refractivity contribution in [2.45, 2.75) is 25.8 Å². The summed E-state index contributed by atoms with van der Waals surface area (Å²) in [6.45, 7) is 3.80. The molecule has 1 saturated heterocycles. The molecular formula is C26H23BrN6O3S. The number of anilines is 1. The molecular weight excluding hydrogens is 556 g/mol. The van der Waals surface area contributed by atoms with Crippen molar-refractivity contribution in [2.75, 3.05) is 17.6 Å². The van der Waals surface area contributed by atoms with Crippen LogP contribution in [0.2, 0.25) is 0 Å². The zero-order chi connectivity index (χ0) is 26.1.